The molecule has 0 aliphatic heterocycles. The van der Waals surface area contributed by atoms with Crippen LogP contribution in [0.3, 0.4) is 0 Å². The molecule has 162 valence electrons. The quantitative estimate of drug-likeness (QED) is 0.331. The minimum absolute atomic E-state index is 0.138. The Balaban J connectivity index is 1.71. The molecule has 1 N–H and O–H groups in total. The zero-order valence-corrected chi connectivity index (χ0v) is 18.6. The lowest BCUT2D eigenvalue weighted by molar-refractivity contribution is 0.469. The summed E-state index contributed by atoms with van der Waals surface area (Å²) in [6.07, 6.45) is 5.69. The van der Waals surface area contributed by atoms with E-state index in [9.17, 15) is 5.11 Å². The van der Waals surface area contributed by atoms with Gasteiger partial charge in [-0.3, -0.25) is 0 Å². The van der Waals surface area contributed by atoms with Crippen molar-refractivity contribution < 1.29 is 5.11 Å². The Labute approximate surface area is 188 Å². The van der Waals surface area contributed by atoms with Crippen LogP contribution in [0.5, 0.6) is 5.75 Å². The first-order chi connectivity index (χ1) is 15.5. The molecule has 3 aromatic carbocycles. The number of phenolic OH excluding ortho intramolecular Hbond substituents is 1. The summed E-state index contributed by atoms with van der Waals surface area (Å²) in [5, 5.41) is 29.4. The Kier molecular flexibility index (Phi) is 6.51. The lowest BCUT2D eigenvalue weighted by Crippen LogP contribution is -2.02. The average Bonchev–Trinajstić information content (AvgIpc) is 3.23. The molecule has 0 aliphatic carbocycles. The average molecular weight is 425 g/mol. The molecule has 0 unspecified atom stereocenters. The minimum atomic E-state index is 0.138. The fraction of sp³-hybridized carbons (Fsp3) is 0.296. The van der Waals surface area contributed by atoms with Gasteiger partial charge in [0, 0.05) is 5.56 Å². The van der Waals surface area contributed by atoms with Gasteiger partial charge in [-0.1, -0.05) is 57.4 Å². The van der Waals surface area contributed by atoms with E-state index in [0.717, 1.165) is 46.5 Å². The summed E-state index contributed by atoms with van der Waals surface area (Å²) in [4.78, 5) is 1.52. The second kappa shape index (κ2) is 9.65. The number of aryl methyl sites for hydroxylation is 1. The van der Waals surface area contributed by atoms with Crippen molar-refractivity contribution in [3.63, 3.8) is 0 Å². The molecule has 0 radical (unpaired) electrons. The van der Waals surface area contributed by atoms with Gasteiger partial charge in [-0.05, 0) is 66.3 Å². The topological polar surface area (TPSA) is 74.7 Å². The number of benzene rings is 3. The first-order valence-corrected chi connectivity index (χ1v) is 11.2. The first-order valence-electron chi connectivity index (χ1n) is 11.2. The molecule has 0 fully saturated rings. The van der Waals surface area contributed by atoms with Crippen molar-refractivity contribution >= 4 is 11.0 Å². The van der Waals surface area contributed by atoms with E-state index in [1.165, 1.54) is 24.1 Å². The highest BCUT2D eigenvalue weighted by molar-refractivity contribution is 5.77. The van der Waals surface area contributed by atoms with Crippen LogP contribution >= 0.6 is 0 Å². The molecule has 4 rings (SSSR count). The number of unbranched alkanes of at least 4 members (excludes halogenated alkanes) is 2. The van der Waals surface area contributed by atoms with Gasteiger partial charge in [-0.25, -0.2) is 0 Å². The Hall–Kier alpha value is -3.65. The summed E-state index contributed by atoms with van der Waals surface area (Å²) in [6, 6.07) is 21.1. The van der Waals surface area contributed by atoms with E-state index in [1.54, 1.807) is 12.1 Å². The zero-order chi connectivity index (χ0) is 22.5. The van der Waals surface area contributed by atoms with Crippen molar-refractivity contribution in [2.24, 2.45) is 5.92 Å². The maximum absolute atomic E-state index is 11.2. The molecule has 0 saturated carbocycles. The number of aromatic nitrogens is 3. The van der Waals surface area contributed by atoms with Gasteiger partial charge in [0.05, 0.1) is 11.6 Å². The smallest absolute Gasteiger partial charge is 0.150 e. The standard InChI is InChI=1S/C27H28N4O/c1-19(2)8-4-3-5-9-21-16-23(22-14-12-20(18-28)13-15-22)27(32)26(17-21)31-29-24-10-6-7-11-25(24)30-31/h6-7,10-17,19,32H,3-5,8-9H2,1-2H3. The zero-order valence-electron chi connectivity index (χ0n) is 18.6. The van der Waals surface area contributed by atoms with Crippen LogP contribution in [0.25, 0.3) is 27.8 Å². The molecular weight excluding hydrogens is 396 g/mol. The molecule has 1 aromatic heterocycles. The van der Waals surface area contributed by atoms with Crippen molar-refractivity contribution in [3.8, 4) is 28.6 Å². The Morgan fingerprint density at radius 1 is 0.938 bits per heavy atom. The molecule has 4 aromatic rings. The SMILES string of the molecule is CC(C)CCCCCc1cc(-c2ccc(C#N)cc2)c(O)c(-n2nc3ccccc3n2)c1. The molecule has 0 bridgehead atoms. The molecule has 1 heterocycles. The van der Waals surface area contributed by atoms with Crippen LogP contribution < -0.4 is 0 Å². The third kappa shape index (κ3) is 4.81. The minimum Gasteiger partial charge on any atom is -0.505 e. The summed E-state index contributed by atoms with van der Waals surface area (Å²) < 4.78 is 0. The summed E-state index contributed by atoms with van der Waals surface area (Å²) in [5.74, 6) is 0.872. The second-order valence-electron chi connectivity index (χ2n) is 8.67. The van der Waals surface area contributed by atoms with Crippen LogP contribution in [0.15, 0.2) is 60.7 Å². The molecule has 5 heteroatoms. The number of aromatic hydroxyl groups is 1. The van der Waals surface area contributed by atoms with Crippen LogP contribution in [0.1, 0.15) is 50.7 Å². The normalized spacial score (nSPS) is 11.2. The van der Waals surface area contributed by atoms with Crippen molar-refractivity contribution in [1.29, 1.82) is 5.26 Å². The maximum Gasteiger partial charge on any atom is 0.150 e. The van der Waals surface area contributed by atoms with Gasteiger partial charge in [0.2, 0.25) is 0 Å². The number of phenols is 1. The molecule has 32 heavy (non-hydrogen) atoms. The van der Waals surface area contributed by atoms with Crippen LogP contribution in [0.4, 0.5) is 0 Å². The van der Waals surface area contributed by atoms with E-state index in [2.05, 4.69) is 30.1 Å². The summed E-state index contributed by atoms with van der Waals surface area (Å²) in [7, 11) is 0. The van der Waals surface area contributed by atoms with Gasteiger partial charge in [-0.2, -0.15) is 5.26 Å². The fourth-order valence-electron chi connectivity index (χ4n) is 3.94. The number of rotatable bonds is 8. The molecule has 0 aliphatic rings. The van der Waals surface area contributed by atoms with E-state index in [4.69, 9.17) is 5.26 Å². The monoisotopic (exact) mass is 424 g/mol. The molecule has 5 nitrogen and oxygen atoms in total. The number of fused-ring (bicyclic) bond motifs is 1. The molecule has 0 amide bonds. The maximum atomic E-state index is 11.2. The number of nitriles is 1. The number of hydrogen-bond donors (Lipinski definition) is 1. The molecule has 0 saturated heterocycles. The fourth-order valence-corrected chi connectivity index (χ4v) is 3.94. The lowest BCUT2D eigenvalue weighted by Gasteiger charge is -2.13. The largest absolute Gasteiger partial charge is 0.505 e. The lowest BCUT2D eigenvalue weighted by atomic mass is 9.96. The van der Waals surface area contributed by atoms with Gasteiger partial charge >= 0.3 is 0 Å². The van der Waals surface area contributed by atoms with Gasteiger partial charge in [0.1, 0.15) is 16.7 Å². The summed E-state index contributed by atoms with van der Waals surface area (Å²) >= 11 is 0. The van der Waals surface area contributed by atoms with Gasteiger partial charge in [0.15, 0.2) is 5.75 Å². The first kappa shape index (κ1) is 21.6. The predicted molar refractivity (Wildman–Crippen MR) is 128 cm³/mol. The van der Waals surface area contributed by atoms with Crippen LogP contribution in [0, 0.1) is 17.2 Å². The van der Waals surface area contributed by atoms with Gasteiger partial charge in [-0.15, -0.1) is 15.0 Å². The van der Waals surface area contributed by atoms with E-state index in [0.29, 0.717) is 11.3 Å². The second-order valence-corrected chi connectivity index (χ2v) is 8.67. The van der Waals surface area contributed by atoms with E-state index in [1.807, 2.05) is 48.5 Å². The van der Waals surface area contributed by atoms with Gasteiger partial charge < -0.3 is 5.11 Å². The van der Waals surface area contributed by atoms with Crippen LogP contribution in [-0.2, 0) is 6.42 Å². The number of hydrogen-bond acceptors (Lipinski definition) is 4. The highest BCUT2D eigenvalue weighted by Crippen LogP contribution is 2.36. The highest BCUT2D eigenvalue weighted by atomic mass is 16.3. The van der Waals surface area contributed by atoms with Crippen LogP contribution in [-0.4, -0.2) is 20.1 Å². The van der Waals surface area contributed by atoms with E-state index in [-0.39, 0.29) is 5.75 Å². The molecule has 0 atom stereocenters. The third-order valence-electron chi connectivity index (χ3n) is 5.72. The molecule has 0 spiro atoms. The Morgan fingerprint density at radius 2 is 1.62 bits per heavy atom. The van der Waals surface area contributed by atoms with Crippen molar-refractivity contribution in [2.75, 3.05) is 0 Å². The third-order valence-corrected chi connectivity index (χ3v) is 5.72. The molecular formula is C27H28N4O. The van der Waals surface area contributed by atoms with Gasteiger partial charge in [0.25, 0.3) is 0 Å². The van der Waals surface area contributed by atoms with E-state index < -0.39 is 0 Å². The highest BCUT2D eigenvalue weighted by Gasteiger charge is 2.16. The van der Waals surface area contributed by atoms with Crippen molar-refractivity contribution in [3.05, 3.63) is 71.8 Å². The predicted octanol–water partition coefficient (Wildman–Crippen LogP) is 6.42. The van der Waals surface area contributed by atoms with E-state index >= 15 is 0 Å². The Bertz CT molecular complexity index is 1220. The van der Waals surface area contributed by atoms with Crippen molar-refractivity contribution in [1.82, 2.24) is 15.0 Å². The summed E-state index contributed by atoms with van der Waals surface area (Å²) in [6.45, 7) is 4.52. The Morgan fingerprint density at radius 3 is 2.25 bits per heavy atom. The number of nitrogens with zero attached hydrogens (tertiary/aromatic N) is 4. The van der Waals surface area contributed by atoms with Crippen LogP contribution in [0.2, 0.25) is 0 Å². The van der Waals surface area contributed by atoms with Crippen molar-refractivity contribution in [2.45, 2.75) is 46.0 Å². The summed E-state index contributed by atoms with van der Waals surface area (Å²) in [5.41, 5.74) is 5.46.